The summed E-state index contributed by atoms with van der Waals surface area (Å²) in [6, 6.07) is 0. The predicted molar refractivity (Wildman–Crippen MR) is 94.0 cm³/mol. The summed E-state index contributed by atoms with van der Waals surface area (Å²) in [7, 11) is 0. The summed E-state index contributed by atoms with van der Waals surface area (Å²) in [5.41, 5.74) is 0. The van der Waals surface area contributed by atoms with Gasteiger partial charge in [0.05, 0.1) is 5.92 Å². The van der Waals surface area contributed by atoms with E-state index in [2.05, 4.69) is 30.7 Å². The number of carboxylic acid groups (broad SMARTS) is 1. The van der Waals surface area contributed by atoms with E-state index in [0.717, 1.165) is 25.7 Å². The molecule has 0 heterocycles. The largest absolute Gasteiger partial charge is 0.481 e. The Labute approximate surface area is 140 Å². The molecule has 1 unspecified atom stereocenters. The predicted octanol–water partition coefficient (Wildman–Crippen LogP) is 3.91. The van der Waals surface area contributed by atoms with Gasteiger partial charge in [-0.2, -0.15) is 0 Å². The lowest BCUT2D eigenvalue weighted by molar-refractivity contribution is -0.142. The number of hydrogen-bond donors (Lipinski definition) is 2. The van der Waals surface area contributed by atoms with Crippen molar-refractivity contribution in [1.29, 1.82) is 0 Å². The molecule has 0 aromatic heterocycles. The maximum atomic E-state index is 11.2. The molecule has 0 aliphatic carbocycles. The Hall–Kier alpha value is -1.76. The molecule has 4 heteroatoms. The van der Waals surface area contributed by atoms with Crippen LogP contribution >= 0.6 is 0 Å². The van der Waals surface area contributed by atoms with Crippen LogP contribution in [0.25, 0.3) is 0 Å². The number of aliphatic carboxylic acids is 1. The third-order valence-electron chi connectivity index (χ3n) is 3.71. The third-order valence-corrected chi connectivity index (χ3v) is 3.71. The van der Waals surface area contributed by atoms with Crippen LogP contribution in [0.4, 0.5) is 0 Å². The standard InChI is InChI=1S/C19H31NO3/c1-3-5-6-7-8-9-10-11-14-17(19(22)23)15-12-13-16-20-18(21)4-2/h4,17H,2-3,5-8,11-16H2,1H3,(H,20,21)(H,22,23). The van der Waals surface area contributed by atoms with Crippen molar-refractivity contribution in [1.82, 2.24) is 5.32 Å². The topological polar surface area (TPSA) is 66.4 Å². The van der Waals surface area contributed by atoms with Gasteiger partial charge in [0.1, 0.15) is 0 Å². The van der Waals surface area contributed by atoms with Crippen LogP contribution in [0.1, 0.15) is 71.1 Å². The van der Waals surface area contributed by atoms with E-state index in [9.17, 15) is 14.7 Å². The van der Waals surface area contributed by atoms with Gasteiger partial charge in [-0.15, -0.1) is 11.8 Å². The lowest BCUT2D eigenvalue weighted by Crippen LogP contribution is -2.22. The lowest BCUT2D eigenvalue weighted by atomic mass is 9.97. The lowest BCUT2D eigenvalue weighted by Gasteiger charge is -2.10. The zero-order valence-electron chi connectivity index (χ0n) is 14.4. The van der Waals surface area contributed by atoms with Crippen LogP contribution in [-0.4, -0.2) is 23.5 Å². The van der Waals surface area contributed by atoms with Gasteiger partial charge < -0.3 is 10.4 Å². The zero-order valence-corrected chi connectivity index (χ0v) is 14.4. The van der Waals surface area contributed by atoms with E-state index >= 15 is 0 Å². The fourth-order valence-electron chi connectivity index (χ4n) is 2.25. The van der Waals surface area contributed by atoms with Crippen LogP contribution in [-0.2, 0) is 9.59 Å². The molecule has 0 saturated carbocycles. The maximum Gasteiger partial charge on any atom is 0.306 e. The van der Waals surface area contributed by atoms with Crippen LogP contribution < -0.4 is 5.32 Å². The van der Waals surface area contributed by atoms with Crippen molar-refractivity contribution in [3.63, 3.8) is 0 Å². The molecule has 23 heavy (non-hydrogen) atoms. The van der Waals surface area contributed by atoms with Gasteiger partial charge in [-0.05, 0) is 31.8 Å². The van der Waals surface area contributed by atoms with Crippen LogP contribution in [0.2, 0.25) is 0 Å². The average Bonchev–Trinajstić information content (AvgIpc) is 2.54. The Kier molecular flexibility index (Phi) is 14.0. The van der Waals surface area contributed by atoms with E-state index in [1.165, 1.54) is 25.3 Å². The van der Waals surface area contributed by atoms with E-state index in [1.807, 2.05) is 0 Å². The quantitative estimate of drug-likeness (QED) is 0.307. The van der Waals surface area contributed by atoms with E-state index in [-0.39, 0.29) is 11.8 Å². The Morgan fingerprint density at radius 3 is 2.48 bits per heavy atom. The zero-order chi connectivity index (χ0) is 17.3. The van der Waals surface area contributed by atoms with Crippen molar-refractivity contribution >= 4 is 11.9 Å². The Morgan fingerprint density at radius 2 is 1.83 bits per heavy atom. The normalized spacial score (nSPS) is 11.2. The molecule has 0 fully saturated rings. The number of carbonyl (C=O) groups is 2. The van der Waals surface area contributed by atoms with Crippen molar-refractivity contribution in [3.05, 3.63) is 12.7 Å². The minimum Gasteiger partial charge on any atom is -0.481 e. The summed E-state index contributed by atoms with van der Waals surface area (Å²) in [6.45, 7) is 6.13. The van der Waals surface area contributed by atoms with E-state index < -0.39 is 5.97 Å². The van der Waals surface area contributed by atoms with E-state index in [1.54, 1.807) is 0 Å². The third kappa shape index (κ3) is 13.6. The van der Waals surface area contributed by atoms with Gasteiger partial charge in [-0.1, -0.05) is 39.2 Å². The van der Waals surface area contributed by atoms with Crippen molar-refractivity contribution < 1.29 is 14.7 Å². The summed E-state index contributed by atoms with van der Waals surface area (Å²) in [5.74, 6) is 4.96. The molecule has 0 radical (unpaired) electrons. The summed E-state index contributed by atoms with van der Waals surface area (Å²) in [6.07, 6.45) is 10.5. The number of amides is 1. The Morgan fingerprint density at radius 1 is 1.09 bits per heavy atom. The second-order valence-electron chi connectivity index (χ2n) is 5.73. The highest BCUT2D eigenvalue weighted by molar-refractivity contribution is 5.86. The van der Waals surface area contributed by atoms with Gasteiger partial charge >= 0.3 is 5.97 Å². The molecule has 0 spiro atoms. The van der Waals surface area contributed by atoms with Gasteiger partial charge in [0.15, 0.2) is 0 Å². The summed E-state index contributed by atoms with van der Waals surface area (Å²) >= 11 is 0. The molecule has 0 bridgehead atoms. The second-order valence-corrected chi connectivity index (χ2v) is 5.73. The summed E-state index contributed by atoms with van der Waals surface area (Å²) < 4.78 is 0. The fraction of sp³-hybridized carbons (Fsp3) is 0.684. The first kappa shape index (κ1) is 21.2. The first-order valence-corrected chi connectivity index (χ1v) is 8.70. The molecule has 1 atom stereocenters. The number of hydrogen-bond acceptors (Lipinski definition) is 2. The minimum absolute atomic E-state index is 0.186. The smallest absolute Gasteiger partial charge is 0.306 e. The van der Waals surface area contributed by atoms with Crippen LogP contribution in [0.5, 0.6) is 0 Å². The van der Waals surface area contributed by atoms with Gasteiger partial charge in [0.2, 0.25) is 5.91 Å². The van der Waals surface area contributed by atoms with Crippen molar-refractivity contribution in [2.75, 3.05) is 6.54 Å². The van der Waals surface area contributed by atoms with Crippen LogP contribution in [0.3, 0.4) is 0 Å². The number of carbonyl (C=O) groups excluding carboxylic acids is 1. The van der Waals surface area contributed by atoms with E-state index in [4.69, 9.17) is 0 Å². The molecule has 0 aromatic carbocycles. The number of nitrogens with one attached hydrogen (secondary N) is 1. The van der Waals surface area contributed by atoms with Crippen molar-refractivity contribution in [3.8, 4) is 11.8 Å². The second kappa shape index (κ2) is 15.1. The maximum absolute atomic E-state index is 11.2. The average molecular weight is 321 g/mol. The molecule has 130 valence electrons. The monoisotopic (exact) mass is 321 g/mol. The van der Waals surface area contributed by atoms with E-state index in [0.29, 0.717) is 25.8 Å². The molecule has 4 nitrogen and oxygen atoms in total. The molecule has 0 rings (SSSR count). The molecule has 1 amide bonds. The number of carboxylic acids is 1. The number of rotatable bonds is 13. The molecule has 0 aliphatic rings. The molecule has 0 aliphatic heterocycles. The molecule has 0 aromatic rings. The van der Waals surface area contributed by atoms with Crippen molar-refractivity contribution in [2.45, 2.75) is 71.1 Å². The number of unbranched alkanes of at least 4 members (excludes halogenated alkanes) is 5. The first-order valence-electron chi connectivity index (χ1n) is 8.70. The van der Waals surface area contributed by atoms with Crippen LogP contribution in [0.15, 0.2) is 12.7 Å². The van der Waals surface area contributed by atoms with Gasteiger partial charge in [-0.3, -0.25) is 9.59 Å². The SMILES string of the molecule is C=CC(=O)NCCCCC(CCC#CCCCCCC)C(=O)O. The Balaban J connectivity index is 3.78. The van der Waals surface area contributed by atoms with Crippen molar-refractivity contribution in [2.24, 2.45) is 5.92 Å². The molecular weight excluding hydrogens is 290 g/mol. The molecule has 0 saturated heterocycles. The highest BCUT2D eigenvalue weighted by atomic mass is 16.4. The molecular formula is C19H31NO3. The summed E-state index contributed by atoms with van der Waals surface area (Å²) in [5, 5.41) is 11.9. The molecule has 2 N–H and O–H groups in total. The van der Waals surface area contributed by atoms with Gasteiger partial charge in [0.25, 0.3) is 0 Å². The minimum atomic E-state index is -0.745. The van der Waals surface area contributed by atoms with Gasteiger partial charge in [0, 0.05) is 19.4 Å². The Bertz CT molecular complexity index is 407. The fourth-order valence-corrected chi connectivity index (χ4v) is 2.25. The highest BCUT2D eigenvalue weighted by Crippen LogP contribution is 2.15. The highest BCUT2D eigenvalue weighted by Gasteiger charge is 2.15. The summed E-state index contributed by atoms with van der Waals surface area (Å²) in [4.78, 5) is 22.2. The first-order chi connectivity index (χ1) is 11.1. The van der Waals surface area contributed by atoms with Gasteiger partial charge in [-0.25, -0.2) is 0 Å². The van der Waals surface area contributed by atoms with Crippen LogP contribution in [0, 0.1) is 17.8 Å².